The summed E-state index contributed by atoms with van der Waals surface area (Å²) in [6.07, 6.45) is 1.74. The minimum Gasteiger partial charge on any atom is -0.508 e. The van der Waals surface area contributed by atoms with Crippen LogP contribution in [0.25, 0.3) is 0 Å². The quantitative estimate of drug-likeness (QED) is 0.505. The SMILES string of the molecule is C=CCS.Cc1ccccc1O. The van der Waals surface area contributed by atoms with Crippen molar-refractivity contribution in [1.29, 1.82) is 0 Å². The third-order valence-corrected chi connectivity index (χ3v) is 1.50. The van der Waals surface area contributed by atoms with Gasteiger partial charge in [0, 0.05) is 5.75 Å². The molecule has 2 heteroatoms. The number of aromatic hydroxyl groups is 1. The van der Waals surface area contributed by atoms with Crippen molar-refractivity contribution in [3.05, 3.63) is 42.5 Å². The Bertz CT molecular complexity index is 212. The number of hydrogen-bond acceptors (Lipinski definition) is 2. The summed E-state index contributed by atoms with van der Waals surface area (Å²) in [7, 11) is 0. The van der Waals surface area contributed by atoms with Gasteiger partial charge < -0.3 is 5.11 Å². The van der Waals surface area contributed by atoms with E-state index in [9.17, 15) is 0 Å². The van der Waals surface area contributed by atoms with Crippen molar-refractivity contribution >= 4 is 12.6 Å². The Morgan fingerprint density at radius 1 is 1.50 bits per heavy atom. The predicted molar refractivity (Wildman–Crippen MR) is 56.9 cm³/mol. The molecule has 1 rings (SSSR count). The molecule has 0 aromatic heterocycles. The van der Waals surface area contributed by atoms with Crippen molar-refractivity contribution < 1.29 is 5.11 Å². The Labute approximate surface area is 79.2 Å². The van der Waals surface area contributed by atoms with E-state index in [1.807, 2.05) is 25.1 Å². The summed E-state index contributed by atoms with van der Waals surface area (Å²) in [5.41, 5.74) is 0.924. The van der Waals surface area contributed by atoms with E-state index in [0.717, 1.165) is 11.3 Å². The van der Waals surface area contributed by atoms with Crippen LogP contribution in [0.3, 0.4) is 0 Å². The van der Waals surface area contributed by atoms with Gasteiger partial charge in [0.05, 0.1) is 0 Å². The summed E-state index contributed by atoms with van der Waals surface area (Å²) >= 11 is 3.80. The van der Waals surface area contributed by atoms with E-state index in [2.05, 4.69) is 19.2 Å². The third kappa shape index (κ3) is 4.85. The first kappa shape index (κ1) is 11.1. The first-order valence-corrected chi connectivity index (χ1v) is 4.32. The van der Waals surface area contributed by atoms with E-state index >= 15 is 0 Å². The average molecular weight is 182 g/mol. The number of aryl methyl sites for hydroxylation is 1. The molecule has 12 heavy (non-hydrogen) atoms. The maximum atomic E-state index is 8.92. The molecule has 1 N–H and O–H groups in total. The zero-order valence-corrected chi connectivity index (χ0v) is 8.09. The van der Waals surface area contributed by atoms with Gasteiger partial charge in [-0.15, -0.1) is 6.58 Å². The molecular formula is C10H14OS. The molecule has 1 aromatic rings. The van der Waals surface area contributed by atoms with Crippen molar-refractivity contribution in [3.63, 3.8) is 0 Å². The summed E-state index contributed by atoms with van der Waals surface area (Å²) in [6.45, 7) is 5.27. The number of hydrogen-bond donors (Lipinski definition) is 2. The molecule has 0 radical (unpaired) electrons. The van der Waals surface area contributed by atoms with Crippen LogP contribution < -0.4 is 0 Å². The lowest BCUT2D eigenvalue weighted by molar-refractivity contribution is 0.471. The summed E-state index contributed by atoms with van der Waals surface area (Å²) in [4.78, 5) is 0. The molecule has 0 atom stereocenters. The molecule has 66 valence electrons. The second kappa shape index (κ2) is 6.80. The second-order valence-electron chi connectivity index (χ2n) is 2.26. The van der Waals surface area contributed by atoms with E-state index in [0.29, 0.717) is 5.75 Å². The van der Waals surface area contributed by atoms with Crippen LogP contribution in [0.15, 0.2) is 36.9 Å². The standard InChI is InChI=1S/C7H8O.C3H6S/c1-6-4-2-3-5-7(6)8;1-2-3-4/h2-5,8H,1H3;2,4H,1,3H2. The van der Waals surface area contributed by atoms with Gasteiger partial charge in [-0.1, -0.05) is 24.3 Å². The maximum absolute atomic E-state index is 8.92. The molecule has 0 aliphatic rings. The molecule has 0 heterocycles. The van der Waals surface area contributed by atoms with E-state index in [4.69, 9.17) is 5.11 Å². The van der Waals surface area contributed by atoms with Crippen LogP contribution in [0.1, 0.15) is 5.56 Å². The smallest absolute Gasteiger partial charge is 0.118 e. The number of para-hydroxylation sites is 1. The first-order valence-electron chi connectivity index (χ1n) is 3.68. The van der Waals surface area contributed by atoms with Crippen molar-refractivity contribution in [1.82, 2.24) is 0 Å². The Hall–Kier alpha value is -0.890. The minimum absolute atomic E-state index is 0.368. The predicted octanol–water partition coefficient (Wildman–Crippen LogP) is 2.80. The van der Waals surface area contributed by atoms with Crippen LogP contribution in [-0.4, -0.2) is 10.9 Å². The zero-order chi connectivity index (χ0) is 9.40. The van der Waals surface area contributed by atoms with Gasteiger partial charge in [0.25, 0.3) is 0 Å². The van der Waals surface area contributed by atoms with Gasteiger partial charge in [-0.25, -0.2) is 0 Å². The van der Waals surface area contributed by atoms with Gasteiger partial charge in [0.2, 0.25) is 0 Å². The van der Waals surface area contributed by atoms with E-state index in [-0.39, 0.29) is 0 Å². The molecule has 0 fully saturated rings. The number of phenols is 1. The lowest BCUT2D eigenvalue weighted by Crippen LogP contribution is -1.68. The summed E-state index contributed by atoms with van der Waals surface area (Å²) < 4.78 is 0. The van der Waals surface area contributed by atoms with Gasteiger partial charge in [-0.3, -0.25) is 0 Å². The molecule has 0 saturated heterocycles. The Morgan fingerprint density at radius 2 is 2.00 bits per heavy atom. The fourth-order valence-electron chi connectivity index (χ4n) is 0.563. The molecule has 1 nitrogen and oxygen atoms in total. The topological polar surface area (TPSA) is 20.2 Å². The molecular weight excluding hydrogens is 168 g/mol. The molecule has 1 aromatic carbocycles. The summed E-state index contributed by atoms with van der Waals surface area (Å²) in [6, 6.07) is 7.25. The first-order chi connectivity index (χ1) is 5.72. The second-order valence-corrected chi connectivity index (χ2v) is 2.62. The number of rotatable bonds is 1. The molecule has 0 amide bonds. The van der Waals surface area contributed by atoms with E-state index in [1.165, 1.54) is 0 Å². The number of phenolic OH excluding ortho intramolecular Hbond substituents is 1. The molecule has 0 aliphatic heterocycles. The Balaban J connectivity index is 0.000000261. The number of benzene rings is 1. The summed E-state index contributed by atoms with van der Waals surface area (Å²) in [5.74, 6) is 1.15. The van der Waals surface area contributed by atoms with Crippen LogP contribution in [-0.2, 0) is 0 Å². The van der Waals surface area contributed by atoms with Crippen molar-refractivity contribution in [2.75, 3.05) is 5.75 Å². The summed E-state index contributed by atoms with van der Waals surface area (Å²) in [5, 5.41) is 8.92. The lowest BCUT2D eigenvalue weighted by Gasteiger charge is -1.92. The van der Waals surface area contributed by atoms with Crippen LogP contribution >= 0.6 is 12.6 Å². The monoisotopic (exact) mass is 182 g/mol. The highest BCUT2D eigenvalue weighted by Crippen LogP contribution is 2.12. The van der Waals surface area contributed by atoms with Gasteiger partial charge in [-0.2, -0.15) is 12.6 Å². The highest BCUT2D eigenvalue weighted by Gasteiger charge is 1.86. The molecule has 0 spiro atoms. The van der Waals surface area contributed by atoms with Crippen LogP contribution in [0.4, 0.5) is 0 Å². The highest BCUT2D eigenvalue weighted by atomic mass is 32.1. The molecule has 0 saturated carbocycles. The molecule has 0 bridgehead atoms. The largest absolute Gasteiger partial charge is 0.508 e. The lowest BCUT2D eigenvalue weighted by atomic mass is 10.2. The normalized spacial score (nSPS) is 8.17. The van der Waals surface area contributed by atoms with Crippen molar-refractivity contribution in [2.24, 2.45) is 0 Å². The van der Waals surface area contributed by atoms with Crippen LogP contribution in [0.2, 0.25) is 0 Å². The Morgan fingerprint density at radius 3 is 2.25 bits per heavy atom. The van der Waals surface area contributed by atoms with Gasteiger partial charge in [0.15, 0.2) is 0 Å². The van der Waals surface area contributed by atoms with E-state index in [1.54, 1.807) is 12.1 Å². The van der Waals surface area contributed by atoms with Gasteiger partial charge >= 0.3 is 0 Å². The van der Waals surface area contributed by atoms with Crippen molar-refractivity contribution in [2.45, 2.75) is 6.92 Å². The zero-order valence-electron chi connectivity index (χ0n) is 7.20. The maximum Gasteiger partial charge on any atom is 0.118 e. The fraction of sp³-hybridized carbons (Fsp3) is 0.200. The fourth-order valence-corrected chi connectivity index (χ4v) is 0.563. The molecule has 0 aliphatic carbocycles. The third-order valence-electron chi connectivity index (χ3n) is 1.24. The van der Waals surface area contributed by atoms with Crippen molar-refractivity contribution in [3.8, 4) is 5.75 Å². The van der Waals surface area contributed by atoms with Crippen LogP contribution in [0.5, 0.6) is 5.75 Å². The Kier molecular flexibility index (Phi) is 6.29. The van der Waals surface area contributed by atoms with Crippen LogP contribution in [0, 0.1) is 6.92 Å². The van der Waals surface area contributed by atoms with Gasteiger partial charge in [-0.05, 0) is 18.6 Å². The van der Waals surface area contributed by atoms with Gasteiger partial charge in [0.1, 0.15) is 5.75 Å². The highest BCUT2D eigenvalue weighted by molar-refractivity contribution is 7.80. The molecule has 0 unspecified atom stereocenters. The average Bonchev–Trinajstić information content (AvgIpc) is 2.11. The van der Waals surface area contributed by atoms with E-state index < -0.39 is 0 Å². The number of thiol groups is 1. The minimum atomic E-state index is 0.368.